The van der Waals surface area contributed by atoms with Gasteiger partial charge in [0.15, 0.2) is 0 Å². The molecule has 3 heteroatoms. The van der Waals surface area contributed by atoms with E-state index in [1.54, 1.807) is 0 Å². The van der Waals surface area contributed by atoms with Crippen molar-refractivity contribution < 1.29 is 4.79 Å². The Morgan fingerprint density at radius 3 is 2.87 bits per heavy atom. The van der Waals surface area contributed by atoms with Crippen LogP contribution in [-0.2, 0) is 6.42 Å². The second kappa shape index (κ2) is 3.97. The molecule has 80 valence electrons. The average molecular weight is 268 g/mol. The molecule has 2 nitrogen and oxygen atoms in total. The number of halogens is 1. The summed E-state index contributed by atoms with van der Waals surface area (Å²) in [7, 11) is 0. The van der Waals surface area contributed by atoms with E-state index in [1.807, 2.05) is 18.2 Å². The van der Waals surface area contributed by atoms with Crippen LogP contribution in [0.1, 0.15) is 29.8 Å². The molecule has 1 aromatic rings. The first kappa shape index (κ1) is 10.7. The molecule has 0 aromatic heterocycles. The number of benzene rings is 1. The van der Waals surface area contributed by atoms with Crippen molar-refractivity contribution in [2.75, 3.05) is 0 Å². The van der Waals surface area contributed by atoms with E-state index < -0.39 is 0 Å². The molecule has 0 bridgehead atoms. The van der Waals surface area contributed by atoms with Crippen molar-refractivity contribution in [3.63, 3.8) is 0 Å². The zero-order valence-corrected chi connectivity index (χ0v) is 10.5. The Bertz CT molecular complexity index is 401. The first-order chi connectivity index (χ1) is 7.08. The number of nitrogens with one attached hydrogen (secondary N) is 1. The summed E-state index contributed by atoms with van der Waals surface area (Å²) < 4.78 is 0.958. The van der Waals surface area contributed by atoms with Crippen LogP contribution in [0.25, 0.3) is 0 Å². The SMILES string of the molecule is CC(C)C1Cc2ccc(Br)cc2C(=O)N1. The monoisotopic (exact) mass is 267 g/mol. The van der Waals surface area contributed by atoms with Gasteiger partial charge in [-0.25, -0.2) is 0 Å². The van der Waals surface area contributed by atoms with Crippen LogP contribution in [0, 0.1) is 5.92 Å². The molecule has 1 N–H and O–H groups in total. The second-order valence-electron chi connectivity index (χ2n) is 4.33. The lowest BCUT2D eigenvalue weighted by molar-refractivity contribution is 0.0912. The summed E-state index contributed by atoms with van der Waals surface area (Å²) >= 11 is 3.38. The van der Waals surface area contributed by atoms with E-state index in [1.165, 1.54) is 0 Å². The van der Waals surface area contributed by atoms with E-state index in [2.05, 4.69) is 35.1 Å². The van der Waals surface area contributed by atoms with Gasteiger partial charge < -0.3 is 5.32 Å². The van der Waals surface area contributed by atoms with Crippen LogP contribution in [0.15, 0.2) is 22.7 Å². The van der Waals surface area contributed by atoms with Gasteiger partial charge in [-0.2, -0.15) is 0 Å². The molecule has 0 saturated heterocycles. The normalized spacial score (nSPS) is 20.0. The first-order valence-corrected chi connectivity index (χ1v) is 5.96. The lowest BCUT2D eigenvalue weighted by atomic mass is 9.89. The third-order valence-electron chi connectivity index (χ3n) is 2.88. The number of amides is 1. The van der Waals surface area contributed by atoms with E-state index in [0.717, 1.165) is 22.0 Å². The van der Waals surface area contributed by atoms with E-state index in [4.69, 9.17) is 0 Å². The van der Waals surface area contributed by atoms with Crippen LogP contribution < -0.4 is 5.32 Å². The minimum atomic E-state index is 0.0521. The van der Waals surface area contributed by atoms with Gasteiger partial charge in [-0.1, -0.05) is 35.8 Å². The Hall–Kier alpha value is -0.830. The Kier molecular flexibility index (Phi) is 2.83. The molecule has 1 amide bonds. The van der Waals surface area contributed by atoms with Gasteiger partial charge in [0, 0.05) is 16.1 Å². The fourth-order valence-corrected chi connectivity index (χ4v) is 2.24. The van der Waals surface area contributed by atoms with Gasteiger partial charge in [0.2, 0.25) is 0 Å². The largest absolute Gasteiger partial charge is 0.349 e. The molecule has 0 spiro atoms. The molecule has 1 aromatic carbocycles. The number of carbonyl (C=O) groups excluding carboxylic acids is 1. The minimum Gasteiger partial charge on any atom is -0.349 e. The number of hydrogen-bond acceptors (Lipinski definition) is 1. The Morgan fingerprint density at radius 1 is 1.47 bits per heavy atom. The van der Waals surface area contributed by atoms with Gasteiger partial charge in [-0.3, -0.25) is 4.79 Å². The zero-order valence-electron chi connectivity index (χ0n) is 8.88. The van der Waals surface area contributed by atoms with Gasteiger partial charge in [0.25, 0.3) is 5.91 Å². The molecule has 15 heavy (non-hydrogen) atoms. The second-order valence-corrected chi connectivity index (χ2v) is 5.25. The lowest BCUT2D eigenvalue weighted by Crippen LogP contribution is -2.44. The molecule has 1 unspecified atom stereocenters. The maximum Gasteiger partial charge on any atom is 0.251 e. The maximum absolute atomic E-state index is 11.8. The number of hydrogen-bond donors (Lipinski definition) is 1. The highest BCUT2D eigenvalue weighted by molar-refractivity contribution is 9.10. The summed E-state index contributed by atoms with van der Waals surface area (Å²) in [5.74, 6) is 0.530. The van der Waals surface area contributed by atoms with Gasteiger partial charge in [0.05, 0.1) is 0 Å². The Labute approximate surface area is 98.2 Å². The average Bonchev–Trinajstić information content (AvgIpc) is 2.18. The first-order valence-electron chi connectivity index (χ1n) is 5.17. The molecule has 1 heterocycles. The van der Waals surface area contributed by atoms with Crippen LogP contribution in [0.3, 0.4) is 0 Å². The highest BCUT2D eigenvalue weighted by Gasteiger charge is 2.25. The van der Waals surface area contributed by atoms with Crippen molar-refractivity contribution in [1.29, 1.82) is 0 Å². The van der Waals surface area contributed by atoms with Gasteiger partial charge in [0.1, 0.15) is 0 Å². The van der Waals surface area contributed by atoms with E-state index >= 15 is 0 Å². The molecule has 1 aliphatic heterocycles. The van der Waals surface area contributed by atoms with Gasteiger partial charge >= 0.3 is 0 Å². The van der Waals surface area contributed by atoms with Gasteiger partial charge in [-0.15, -0.1) is 0 Å². The standard InChI is InChI=1S/C12H14BrNO/c1-7(2)11-5-8-3-4-9(13)6-10(8)12(15)14-11/h3-4,6-7,11H,5H2,1-2H3,(H,14,15). The Morgan fingerprint density at radius 2 is 2.20 bits per heavy atom. The smallest absolute Gasteiger partial charge is 0.251 e. The minimum absolute atomic E-state index is 0.0521. The molecule has 0 fully saturated rings. The third-order valence-corrected chi connectivity index (χ3v) is 3.37. The van der Waals surface area contributed by atoms with Crippen molar-refractivity contribution in [2.45, 2.75) is 26.3 Å². The molecule has 0 aliphatic carbocycles. The highest BCUT2D eigenvalue weighted by atomic mass is 79.9. The maximum atomic E-state index is 11.8. The topological polar surface area (TPSA) is 29.1 Å². The van der Waals surface area contributed by atoms with Crippen molar-refractivity contribution in [2.24, 2.45) is 5.92 Å². The zero-order chi connectivity index (χ0) is 11.0. The summed E-state index contributed by atoms with van der Waals surface area (Å²) in [5.41, 5.74) is 1.96. The molecule has 1 atom stereocenters. The van der Waals surface area contributed by atoms with Crippen molar-refractivity contribution in [1.82, 2.24) is 5.32 Å². The van der Waals surface area contributed by atoms with E-state index in [-0.39, 0.29) is 11.9 Å². The number of carbonyl (C=O) groups is 1. The van der Waals surface area contributed by atoms with Crippen LogP contribution in [0.2, 0.25) is 0 Å². The van der Waals surface area contributed by atoms with E-state index in [9.17, 15) is 4.79 Å². The highest BCUT2D eigenvalue weighted by Crippen LogP contribution is 2.23. The van der Waals surface area contributed by atoms with Crippen LogP contribution in [-0.4, -0.2) is 11.9 Å². The van der Waals surface area contributed by atoms with Crippen molar-refractivity contribution >= 4 is 21.8 Å². The van der Waals surface area contributed by atoms with Crippen molar-refractivity contribution in [3.05, 3.63) is 33.8 Å². The van der Waals surface area contributed by atoms with Gasteiger partial charge in [-0.05, 0) is 30.0 Å². The lowest BCUT2D eigenvalue weighted by Gasteiger charge is -2.28. The van der Waals surface area contributed by atoms with Crippen LogP contribution in [0.4, 0.5) is 0 Å². The van der Waals surface area contributed by atoms with Crippen LogP contribution >= 0.6 is 15.9 Å². The van der Waals surface area contributed by atoms with E-state index in [0.29, 0.717) is 5.92 Å². The molecule has 0 radical (unpaired) electrons. The summed E-state index contributed by atoms with van der Waals surface area (Å²) in [4.78, 5) is 11.8. The Balaban J connectivity index is 2.37. The molecule has 1 aliphatic rings. The fourth-order valence-electron chi connectivity index (χ4n) is 1.87. The molecular weight excluding hydrogens is 254 g/mol. The third kappa shape index (κ3) is 2.07. The quantitative estimate of drug-likeness (QED) is 0.833. The van der Waals surface area contributed by atoms with Crippen molar-refractivity contribution in [3.8, 4) is 0 Å². The number of rotatable bonds is 1. The predicted octanol–water partition coefficient (Wildman–Crippen LogP) is 2.76. The fraction of sp³-hybridized carbons (Fsp3) is 0.417. The predicted molar refractivity (Wildman–Crippen MR) is 63.9 cm³/mol. The summed E-state index contributed by atoms with van der Waals surface area (Å²) in [6.45, 7) is 4.27. The summed E-state index contributed by atoms with van der Waals surface area (Å²) in [6.07, 6.45) is 0.937. The molecular formula is C12H14BrNO. The molecule has 2 rings (SSSR count). The summed E-state index contributed by atoms with van der Waals surface area (Å²) in [6, 6.07) is 6.19. The summed E-state index contributed by atoms with van der Waals surface area (Å²) in [5, 5.41) is 3.04. The number of fused-ring (bicyclic) bond motifs is 1. The van der Waals surface area contributed by atoms with Crippen LogP contribution in [0.5, 0.6) is 0 Å². The molecule has 0 saturated carbocycles.